The first kappa shape index (κ1) is 12.6. The van der Waals surface area contributed by atoms with Gasteiger partial charge in [-0.2, -0.15) is 0 Å². The van der Waals surface area contributed by atoms with E-state index >= 15 is 0 Å². The van der Waals surface area contributed by atoms with Crippen molar-refractivity contribution in [3.63, 3.8) is 0 Å². The number of nitrogens with two attached hydrogens (primary N) is 1. The van der Waals surface area contributed by atoms with Crippen LogP contribution in [0.1, 0.15) is 12.0 Å². The SMILES string of the molecule is CN(CCC(=N)N)Cc1cccc2ccccc12. The zero-order chi connectivity index (χ0) is 13.0. The van der Waals surface area contributed by atoms with Crippen LogP contribution in [0.4, 0.5) is 0 Å². The number of hydrogen-bond donors (Lipinski definition) is 2. The lowest BCUT2D eigenvalue weighted by molar-refractivity contribution is 0.338. The molecule has 3 nitrogen and oxygen atoms in total. The highest BCUT2D eigenvalue weighted by Crippen LogP contribution is 2.19. The fraction of sp³-hybridized carbons (Fsp3) is 0.267. The molecule has 0 fully saturated rings. The molecule has 0 aromatic heterocycles. The topological polar surface area (TPSA) is 53.1 Å². The first-order valence-electron chi connectivity index (χ1n) is 6.15. The average molecular weight is 241 g/mol. The van der Waals surface area contributed by atoms with Crippen molar-refractivity contribution < 1.29 is 0 Å². The van der Waals surface area contributed by atoms with E-state index in [-0.39, 0.29) is 5.84 Å². The number of nitrogens with zero attached hydrogens (tertiary/aromatic N) is 1. The van der Waals surface area contributed by atoms with E-state index in [9.17, 15) is 0 Å². The Morgan fingerprint density at radius 3 is 2.67 bits per heavy atom. The van der Waals surface area contributed by atoms with Crippen LogP contribution in [0.5, 0.6) is 0 Å². The first-order valence-corrected chi connectivity index (χ1v) is 6.15. The van der Waals surface area contributed by atoms with Crippen molar-refractivity contribution in [1.29, 1.82) is 5.41 Å². The number of rotatable bonds is 5. The molecule has 0 aliphatic heterocycles. The predicted molar refractivity (Wildman–Crippen MR) is 76.8 cm³/mol. The molecule has 94 valence electrons. The highest BCUT2D eigenvalue weighted by Gasteiger charge is 2.04. The van der Waals surface area contributed by atoms with E-state index < -0.39 is 0 Å². The molecule has 0 heterocycles. The molecule has 0 bridgehead atoms. The Kier molecular flexibility index (Phi) is 3.95. The number of benzene rings is 2. The van der Waals surface area contributed by atoms with Crippen molar-refractivity contribution in [2.24, 2.45) is 5.73 Å². The quantitative estimate of drug-likeness (QED) is 0.624. The third-order valence-electron chi connectivity index (χ3n) is 3.08. The van der Waals surface area contributed by atoms with E-state index in [4.69, 9.17) is 11.1 Å². The van der Waals surface area contributed by atoms with E-state index in [2.05, 4.69) is 54.4 Å². The van der Waals surface area contributed by atoms with E-state index in [0.717, 1.165) is 13.1 Å². The molecule has 2 rings (SSSR count). The molecule has 0 saturated carbocycles. The summed E-state index contributed by atoms with van der Waals surface area (Å²) in [6.07, 6.45) is 0.626. The molecule has 3 N–H and O–H groups in total. The predicted octanol–water partition coefficient (Wildman–Crippen LogP) is 2.60. The van der Waals surface area contributed by atoms with Gasteiger partial charge in [0.05, 0.1) is 5.84 Å². The van der Waals surface area contributed by atoms with Gasteiger partial charge in [0.2, 0.25) is 0 Å². The van der Waals surface area contributed by atoms with Crippen molar-refractivity contribution in [3.05, 3.63) is 48.0 Å². The number of fused-ring (bicyclic) bond motifs is 1. The monoisotopic (exact) mass is 241 g/mol. The van der Waals surface area contributed by atoms with E-state index in [0.29, 0.717) is 6.42 Å². The zero-order valence-electron chi connectivity index (χ0n) is 10.7. The Morgan fingerprint density at radius 1 is 1.17 bits per heavy atom. The Hall–Kier alpha value is -1.87. The normalized spacial score (nSPS) is 11.0. The minimum atomic E-state index is 0.250. The maximum absolute atomic E-state index is 7.25. The highest BCUT2D eigenvalue weighted by molar-refractivity contribution is 5.85. The van der Waals surface area contributed by atoms with Gasteiger partial charge < -0.3 is 10.6 Å². The maximum Gasteiger partial charge on any atom is 0.0918 e. The van der Waals surface area contributed by atoms with Gasteiger partial charge in [0, 0.05) is 19.5 Å². The second-order valence-electron chi connectivity index (χ2n) is 4.65. The van der Waals surface area contributed by atoms with Gasteiger partial charge in [0.25, 0.3) is 0 Å². The fourth-order valence-electron chi connectivity index (χ4n) is 2.11. The summed E-state index contributed by atoms with van der Waals surface area (Å²) in [5.41, 5.74) is 6.70. The molecule has 0 unspecified atom stereocenters. The summed E-state index contributed by atoms with van der Waals surface area (Å²) in [7, 11) is 2.06. The van der Waals surface area contributed by atoms with Crippen LogP contribution in [-0.2, 0) is 6.54 Å². The summed E-state index contributed by atoms with van der Waals surface area (Å²) >= 11 is 0. The number of nitrogens with one attached hydrogen (secondary N) is 1. The first-order chi connectivity index (χ1) is 8.66. The Labute approximate surface area is 108 Å². The second kappa shape index (κ2) is 5.65. The largest absolute Gasteiger partial charge is 0.388 e. The van der Waals surface area contributed by atoms with Gasteiger partial charge in [0.15, 0.2) is 0 Å². The third kappa shape index (κ3) is 3.08. The molecular formula is C15H19N3. The molecule has 2 aromatic carbocycles. The van der Waals surface area contributed by atoms with Crippen LogP contribution < -0.4 is 5.73 Å². The van der Waals surface area contributed by atoms with Crippen LogP contribution in [0.25, 0.3) is 10.8 Å². The lowest BCUT2D eigenvalue weighted by atomic mass is 10.0. The van der Waals surface area contributed by atoms with Gasteiger partial charge in [-0.25, -0.2) is 0 Å². The molecule has 0 aliphatic rings. The van der Waals surface area contributed by atoms with Gasteiger partial charge in [0.1, 0.15) is 0 Å². The van der Waals surface area contributed by atoms with Gasteiger partial charge in [-0.05, 0) is 23.4 Å². The maximum atomic E-state index is 7.25. The molecule has 0 saturated heterocycles. The average Bonchev–Trinajstić information content (AvgIpc) is 2.37. The molecule has 0 radical (unpaired) electrons. The molecule has 0 amide bonds. The third-order valence-corrected chi connectivity index (χ3v) is 3.08. The van der Waals surface area contributed by atoms with Crippen LogP contribution in [0.15, 0.2) is 42.5 Å². The smallest absolute Gasteiger partial charge is 0.0918 e. The van der Waals surface area contributed by atoms with Crippen molar-refractivity contribution in [2.75, 3.05) is 13.6 Å². The lowest BCUT2D eigenvalue weighted by Gasteiger charge is -2.17. The van der Waals surface area contributed by atoms with Crippen molar-refractivity contribution in [3.8, 4) is 0 Å². The Morgan fingerprint density at radius 2 is 1.89 bits per heavy atom. The van der Waals surface area contributed by atoms with Gasteiger partial charge in [-0.1, -0.05) is 42.5 Å². The van der Waals surface area contributed by atoms with E-state index in [1.807, 2.05) is 0 Å². The summed E-state index contributed by atoms with van der Waals surface area (Å²) < 4.78 is 0. The standard InChI is InChI=1S/C15H19N3/c1-18(10-9-15(16)17)11-13-7-4-6-12-5-2-3-8-14(12)13/h2-8H,9-11H2,1H3,(H3,16,17). The molecule has 3 heteroatoms. The molecule has 0 spiro atoms. The van der Waals surface area contributed by atoms with Crippen LogP contribution in [-0.4, -0.2) is 24.3 Å². The fourth-order valence-corrected chi connectivity index (χ4v) is 2.11. The van der Waals surface area contributed by atoms with Crippen LogP contribution >= 0.6 is 0 Å². The molecule has 2 aromatic rings. The van der Waals surface area contributed by atoms with E-state index in [1.54, 1.807) is 0 Å². The zero-order valence-corrected chi connectivity index (χ0v) is 10.7. The van der Waals surface area contributed by atoms with E-state index in [1.165, 1.54) is 16.3 Å². The van der Waals surface area contributed by atoms with Crippen LogP contribution in [0.3, 0.4) is 0 Å². The highest BCUT2D eigenvalue weighted by atomic mass is 15.1. The van der Waals surface area contributed by atoms with Gasteiger partial charge >= 0.3 is 0 Å². The number of hydrogen-bond acceptors (Lipinski definition) is 2. The van der Waals surface area contributed by atoms with Crippen LogP contribution in [0, 0.1) is 5.41 Å². The lowest BCUT2D eigenvalue weighted by Crippen LogP contribution is -2.23. The summed E-state index contributed by atoms with van der Waals surface area (Å²) in [4.78, 5) is 2.20. The molecule has 18 heavy (non-hydrogen) atoms. The summed E-state index contributed by atoms with van der Waals surface area (Å²) in [6, 6.07) is 14.8. The summed E-state index contributed by atoms with van der Waals surface area (Å²) in [5.74, 6) is 0.250. The van der Waals surface area contributed by atoms with Gasteiger partial charge in [-0.15, -0.1) is 0 Å². The summed E-state index contributed by atoms with van der Waals surface area (Å²) in [6.45, 7) is 1.70. The van der Waals surface area contributed by atoms with Crippen molar-refractivity contribution in [2.45, 2.75) is 13.0 Å². The number of amidine groups is 1. The van der Waals surface area contributed by atoms with Crippen molar-refractivity contribution in [1.82, 2.24) is 4.90 Å². The second-order valence-corrected chi connectivity index (χ2v) is 4.65. The Bertz CT molecular complexity index is 543. The minimum Gasteiger partial charge on any atom is -0.388 e. The van der Waals surface area contributed by atoms with Gasteiger partial charge in [-0.3, -0.25) is 5.41 Å². The minimum absolute atomic E-state index is 0.250. The van der Waals surface area contributed by atoms with Crippen LogP contribution in [0.2, 0.25) is 0 Å². The van der Waals surface area contributed by atoms with Crippen molar-refractivity contribution >= 4 is 16.6 Å². The molecule has 0 atom stereocenters. The molecule has 0 aliphatic carbocycles. The summed E-state index contributed by atoms with van der Waals surface area (Å²) in [5, 5.41) is 9.82. The Balaban J connectivity index is 2.14. The molecular weight excluding hydrogens is 222 g/mol.